The van der Waals surface area contributed by atoms with Crippen LogP contribution >= 0.6 is 11.3 Å². The first-order valence-corrected chi connectivity index (χ1v) is 9.74. The van der Waals surface area contributed by atoms with Crippen molar-refractivity contribution in [2.45, 2.75) is 39.5 Å². The number of anilines is 1. The average Bonchev–Trinajstić information content (AvgIpc) is 3.05. The summed E-state index contributed by atoms with van der Waals surface area (Å²) in [6.07, 6.45) is 0.0414. The third-order valence-corrected chi connectivity index (χ3v) is 4.56. The van der Waals surface area contributed by atoms with E-state index < -0.39 is 18.5 Å². The molecule has 0 atom stereocenters. The van der Waals surface area contributed by atoms with Gasteiger partial charge < -0.3 is 9.47 Å². The number of carbonyl (C=O) groups is 3. The van der Waals surface area contributed by atoms with Crippen LogP contribution in [0.3, 0.4) is 0 Å². The second-order valence-corrected chi connectivity index (χ2v) is 7.94. The second-order valence-electron chi connectivity index (χ2n) is 7.08. The van der Waals surface area contributed by atoms with Gasteiger partial charge in [0.05, 0.1) is 24.3 Å². The Morgan fingerprint density at radius 1 is 1.11 bits per heavy atom. The first-order valence-electron chi connectivity index (χ1n) is 8.86. The number of hydrogen-bond acceptors (Lipinski definition) is 7. The third-order valence-electron chi connectivity index (χ3n) is 3.75. The normalized spacial score (nSPS) is 11.0. The maximum Gasteiger partial charge on any atom is 0.338 e. The zero-order valence-corrected chi connectivity index (χ0v) is 17.2. The van der Waals surface area contributed by atoms with Crippen molar-refractivity contribution in [3.05, 3.63) is 46.5 Å². The van der Waals surface area contributed by atoms with Gasteiger partial charge in [-0.3, -0.25) is 14.9 Å². The van der Waals surface area contributed by atoms with Crippen molar-refractivity contribution in [1.29, 1.82) is 0 Å². The molecule has 0 bridgehead atoms. The van der Waals surface area contributed by atoms with Gasteiger partial charge in [0, 0.05) is 5.38 Å². The minimum atomic E-state index is -0.572. The van der Waals surface area contributed by atoms with Crippen molar-refractivity contribution in [3.63, 3.8) is 0 Å². The van der Waals surface area contributed by atoms with Gasteiger partial charge in [0.15, 0.2) is 11.7 Å². The topological polar surface area (TPSA) is 94.6 Å². The molecule has 1 amide bonds. The van der Waals surface area contributed by atoms with Crippen LogP contribution in [-0.4, -0.2) is 36.0 Å². The molecule has 0 fully saturated rings. The lowest BCUT2D eigenvalue weighted by atomic mass is 9.87. The van der Waals surface area contributed by atoms with E-state index in [1.165, 1.54) is 11.3 Å². The van der Waals surface area contributed by atoms with Crippen molar-refractivity contribution < 1.29 is 23.9 Å². The molecule has 1 heterocycles. The molecule has 2 rings (SSSR count). The summed E-state index contributed by atoms with van der Waals surface area (Å²) in [6, 6.07) is 7.11. The van der Waals surface area contributed by atoms with Gasteiger partial charge in [-0.1, -0.05) is 32.9 Å². The van der Waals surface area contributed by atoms with Crippen LogP contribution in [0, 0.1) is 0 Å². The molecule has 0 unspecified atom stereocenters. The molecule has 0 aliphatic carbocycles. The zero-order chi connectivity index (χ0) is 20.7. The van der Waals surface area contributed by atoms with Crippen molar-refractivity contribution in [2.75, 3.05) is 18.5 Å². The van der Waals surface area contributed by atoms with E-state index in [9.17, 15) is 14.4 Å². The minimum absolute atomic E-state index is 0.0117. The smallest absolute Gasteiger partial charge is 0.338 e. The number of esters is 2. The summed E-state index contributed by atoms with van der Waals surface area (Å²) in [5, 5.41) is 4.53. The van der Waals surface area contributed by atoms with E-state index in [1.807, 2.05) is 12.1 Å². The van der Waals surface area contributed by atoms with Crippen molar-refractivity contribution in [2.24, 2.45) is 0 Å². The quantitative estimate of drug-likeness (QED) is 0.711. The van der Waals surface area contributed by atoms with Crippen LogP contribution in [0.15, 0.2) is 29.6 Å². The standard InChI is InChI=1S/C20H24N2O5S/c1-5-26-17(24)10-15-12-28-19(21-15)22-16(23)11-27-18(25)13-6-8-14(9-7-13)20(2,3)4/h6-9,12H,5,10-11H2,1-4H3,(H,21,22,23). The molecule has 0 aliphatic rings. The van der Waals surface area contributed by atoms with E-state index in [0.29, 0.717) is 23.0 Å². The number of nitrogens with zero attached hydrogens (tertiary/aromatic N) is 1. The van der Waals surface area contributed by atoms with Crippen LogP contribution in [0.4, 0.5) is 5.13 Å². The molecular formula is C20H24N2O5S. The molecular weight excluding hydrogens is 380 g/mol. The molecule has 1 aromatic carbocycles. The Bertz CT molecular complexity index is 837. The maximum atomic E-state index is 12.1. The van der Waals surface area contributed by atoms with Crippen molar-refractivity contribution in [1.82, 2.24) is 4.98 Å². The number of amides is 1. The molecule has 28 heavy (non-hydrogen) atoms. The highest BCUT2D eigenvalue weighted by atomic mass is 32.1. The fourth-order valence-corrected chi connectivity index (χ4v) is 3.01. The van der Waals surface area contributed by atoms with Crippen LogP contribution in [0.2, 0.25) is 0 Å². The Kier molecular flexibility index (Phi) is 7.28. The molecule has 0 saturated heterocycles. The second kappa shape index (κ2) is 9.45. The van der Waals surface area contributed by atoms with Gasteiger partial charge in [-0.25, -0.2) is 9.78 Å². The Balaban J connectivity index is 1.83. The highest BCUT2D eigenvalue weighted by Crippen LogP contribution is 2.22. The highest BCUT2D eigenvalue weighted by molar-refractivity contribution is 7.13. The number of carbonyl (C=O) groups excluding carboxylic acids is 3. The monoisotopic (exact) mass is 404 g/mol. The van der Waals surface area contributed by atoms with Gasteiger partial charge >= 0.3 is 11.9 Å². The Morgan fingerprint density at radius 2 is 1.79 bits per heavy atom. The SMILES string of the molecule is CCOC(=O)Cc1csc(NC(=O)COC(=O)c2ccc(C(C)(C)C)cc2)n1. The van der Waals surface area contributed by atoms with Crippen LogP contribution in [0.5, 0.6) is 0 Å². The summed E-state index contributed by atoms with van der Waals surface area (Å²) in [5.41, 5.74) is 1.98. The predicted molar refractivity (Wildman–Crippen MR) is 107 cm³/mol. The predicted octanol–water partition coefficient (Wildman–Crippen LogP) is 3.34. The number of benzene rings is 1. The molecule has 2 aromatic rings. The third kappa shape index (κ3) is 6.45. The van der Waals surface area contributed by atoms with Gasteiger partial charge in [-0.15, -0.1) is 11.3 Å². The number of rotatable bonds is 7. The molecule has 8 heteroatoms. The summed E-state index contributed by atoms with van der Waals surface area (Å²) in [7, 11) is 0. The molecule has 0 radical (unpaired) electrons. The van der Waals surface area contributed by atoms with Gasteiger partial charge in [-0.2, -0.15) is 0 Å². The lowest BCUT2D eigenvalue weighted by Crippen LogP contribution is -2.21. The number of nitrogens with one attached hydrogen (secondary N) is 1. The van der Waals surface area contributed by atoms with E-state index in [2.05, 4.69) is 31.1 Å². The number of aromatic nitrogens is 1. The first kappa shape index (κ1) is 21.6. The van der Waals surface area contributed by atoms with E-state index in [1.54, 1.807) is 24.4 Å². The molecule has 1 aromatic heterocycles. The summed E-state index contributed by atoms with van der Waals surface area (Å²) < 4.78 is 9.89. The van der Waals surface area contributed by atoms with E-state index in [-0.39, 0.29) is 17.8 Å². The van der Waals surface area contributed by atoms with E-state index in [4.69, 9.17) is 9.47 Å². The molecule has 0 aliphatic heterocycles. The molecule has 7 nitrogen and oxygen atoms in total. The summed E-state index contributed by atoms with van der Waals surface area (Å²) in [5.74, 6) is -1.45. The number of thiazole rings is 1. The minimum Gasteiger partial charge on any atom is -0.466 e. The fraction of sp³-hybridized carbons (Fsp3) is 0.400. The maximum absolute atomic E-state index is 12.1. The summed E-state index contributed by atoms with van der Waals surface area (Å²) in [6.45, 7) is 7.86. The lowest BCUT2D eigenvalue weighted by Gasteiger charge is -2.18. The van der Waals surface area contributed by atoms with Crippen LogP contribution in [-0.2, 0) is 30.9 Å². The molecule has 150 valence electrons. The largest absolute Gasteiger partial charge is 0.466 e. The Morgan fingerprint density at radius 3 is 2.39 bits per heavy atom. The fourth-order valence-electron chi connectivity index (χ4n) is 2.28. The highest BCUT2D eigenvalue weighted by Gasteiger charge is 2.16. The average molecular weight is 404 g/mol. The first-order chi connectivity index (χ1) is 13.2. The summed E-state index contributed by atoms with van der Waals surface area (Å²) >= 11 is 1.18. The van der Waals surface area contributed by atoms with Crippen molar-refractivity contribution in [3.8, 4) is 0 Å². The Hall–Kier alpha value is -2.74. The number of ether oxygens (including phenoxy) is 2. The molecule has 0 saturated carbocycles. The number of hydrogen-bond donors (Lipinski definition) is 1. The van der Waals surface area contributed by atoms with Crippen LogP contribution < -0.4 is 5.32 Å². The molecule has 1 N–H and O–H groups in total. The van der Waals surface area contributed by atoms with E-state index >= 15 is 0 Å². The summed E-state index contributed by atoms with van der Waals surface area (Å²) in [4.78, 5) is 39.6. The van der Waals surface area contributed by atoms with Gasteiger partial charge in [-0.05, 0) is 30.0 Å². The van der Waals surface area contributed by atoms with Gasteiger partial charge in [0.2, 0.25) is 0 Å². The van der Waals surface area contributed by atoms with Crippen molar-refractivity contribution >= 4 is 34.3 Å². The van der Waals surface area contributed by atoms with E-state index in [0.717, 1.165) is 5.56 Å². The van der Waals surface area contributed by atoms with Crippen LogP contribution in [0.1, 0.15) is 49.3 Å². The van der Waals surface area contributed by atoms with Gasteiger partial charge in [0.25, 0.3) is 5.91 Å². The Labute approximate surface area is 168 Å². The van der Waals surface area contributed by atoms with Crippen LogP contribution in [0.25, 0.3) is 0 Å². The molecule has 0 spiro atoms. The zero-order valence-electron chi connectivity index (χ0n) is 16.4. The van der Waals surface area contributed by atoms with Gasteiger partial charge in [0.1, 0.15) is 0 Å². The lowest BCUT2D eigenvalue weighted by molar-refractivity contribution is -0.142.